The monoisotopic (exact) mass is 393 g/mol. The topological polar surface area (TPSA) is 40.1 Å². The molecule has 1 fully saturated rings. The number of hydrogen-bond acceptors (Lipinski definition) is 2. The van der Waals surface area contributed by atoms with Crippen LogP contribution < -0.4 is 14.5 Å². The van der Waals surface area contributed by atoms with Gasteiger partial charge in [-0.25, -0.2) is 0 Å². The minimum absolute atomic E-state index is 0.239. The quantitative estimate of drug-likeness (QED) is 0.604. The fourth-order valence-electron chi connectivity index (χ4n) is 4.54. The zero-order chi connectivity index (χ0) is 20.4. The van der Waals surface area contributed by atoms with Crippen molar-refractivity contribution in [3.05, 3.63) is 65.4 Å². The smallest absolute Gasteiger partial charge is 0.219 e. The predicted octanol–water partition coefficient (Wildman–Crippen LogP) is 0.662. The number of aromatic nitrogens is 1. The Labute approximate surface area is 172 Å². The van der Waals surface area contributed by atoms with Crippen molar-refractivity contribution >= 4 is 16.7 Å². The van der Waals surface area contributed by atoms with E-state index >= 15 is 0 Å². The molecule has 0 radical (unpaired) electrons. The van der Waals surface area contributed by atoms with Gasteiger partial charge in [0.25, 0.3) is 0 Å². The largest absolute Gasteiger partial charge is 0.497 e. The number of rotatable bonds is 6. The van der Waals surface area contributed by atoms with E-state index < -0.39 is 0 Å². The first-order valence-corrected chi connectivity index (χ1v) is 10.4. The van der Waals surface area contributed by atoms with Crippen LogP contribution in [0.2, 0.25) is 0 Å². The first kappa shape index (κ1) is 19.7. The molecule has 0 atom stereocenters. The Kier molecular flexibility index (Phi) is 5.69. The maximum absolute atomic E-state index is 13.3. The molecule has 3 aromatic rings. The van der Waals surface area contributed by atoms with Gasteiger partial charge in [0.1, 0.15) is 45.0 Å². The molecule has 4 rings (SSSR count). The van der Waals surface area contributed by atoms with Crippen LogP contribution in [0.3, 0.4) is 0 Å². The molecule has 5 heteroatoms. The van der Waals surface area contributed by atoms with Crippen LogP contribution in [0.4, 0.5) is 0 Å². The fourth-order valence-corrected chi connectivity index (χ4v) is 4.54. The second-order valence-electron chi connectivity index (χ2n) is 8.16. The van der Waals surface area contributed by atoms with E-state index in [9.17, 15) is 4.79 Å². The lowest BCUT2D eigenvalue weighted by Crippen LogP contribution is -3.27. The Balaban J connectivity index is 1.43. The number of benzene rings is 2. The van der Waals surface area contributed by atoms with Gasteiger partial charge in [-0.1, -0.05) is 30.3 Å². The summed E-state index contributed by atoms with van der Waals surface area (Å²) in [5.74, 6) is 1.03. The molecule has 1 aliphatic rings. The lowest BCUT2D eigenvalue weighted by molar-refractivity contribution is -1.01. The molecular weight excluding hydrogens is 362 g/mol. The maximum Gasteiger partial charge on any atom is 0.219 e. The molecule has 1 aromatic heterocycles. The van der Waals surface area contributed by atoms with Crippen LogP contribution in [0.5, 0.6) is 5.75 Å². The van der Waals surface area contributed by atoms with E-state index in [1.165, 1.54) is 10.5 Å². The highest BCUT2D eigenvalue weighted by Crippen LogP contribution is 2.28. The van der Waals surface area contributed by atoms with Crippen LogP contribution in [-0.2, 0) is 13.6 Å². The van der Waals surface area contributed by atoms with Crippen molar-refractivity contribution in [2.24, 2.45) is 7.05 Å². The summed E-state index contributed by atoms with van der Waals surface area (Å²) in [6.45, 7) is 7.98. The molecule has 2 aromatic carbocycles. The van der Waals surface area contributed by atoms with E-state index in [2.05, 4.69) is 34.9 Å². The molecule has 29 heavy (non-hydrogen) atoms. The van der Waals surface area contributed by atoms with Gasteiger partial charge in [-0.05, 0) is 25.1 Å². The van der Waals surface area contributed by atoms with E-state index in [1.807, 2.05) is 32.2 Å². The third kappa shape index (κ3) is 4.07. The Hall–Kier alpha value is -2.63. The highest BCUT2D eigenvalue weighted by atomic mass is 16.5. The van der Waals surface area contributed by atoms with Crippen molar-refractivity contribution in [1.82, 2.24) is 4.57 Å². The van der Waals surface area contributed by atoms with Gasteiger partial charge < -0.3 is 19.1 Å². The van der Waals surface area contributed by atoms with Crippen LogP contribution in [0.25, 0.3) is 10.9 Å². The number of ketones is 1. The normalized spacial score (nSPS) is 19.4. The van der Waals surface area contributed by atoms with Gasteiger partial charge in [0.2, 0.25) is 5.78 Å². The average Bonchev–Trinajstić information content (AvgIpc) is 3.00. The van der Waals surface area contributed by atoms with Crippen molar-refractivity contribution in [3.8, 4) is 5.75 Å². The Morgan fingerprint density at radius 3 is 2.41 bits per heavy atom. The molecular formula is C24H31N3O2+2. The first-order chi connectivity index (χ1) is 14.1. The number of carbonyl (C=O) groups excluding carboxylic acids is 1. The number of fused-ring (bicyclic) bond motifs is 1. The number of Topliss-reactive ketones (excluding diaryl/α,β-unsaturated/α-hetero) is 1. The summed E-state index contributed by atoms with van der Waals surface area (Å²) in [4.78, 5) is 16.3. The second-order valence-corrected chi connectivity index (χ2v) is 8.16. The number of carbonyl (C=O) groups is 1. The lowest BCUT2D eigenvalue weighted by Gasteiger charge is -2.29. The molecule has 1 saturated heterocycles. The van der Waals surface area contributed by atoms with E-state index in [-0.39, 0.29) is 5.78 Å². The summed E-state index contributed by atoms with van der Waals surface area (Å²) in [5, 5.41) is 1.00. The summed E-state index contributed by atoms with van der Waals surface area (Å²) >= 11 is 0. The van der Waals surface area contributed by atoms with Gasteiger partial charge >= 0.3 is 0 Å². The second kappa shape index (κ2) is 8.39. The molecule has 5 nitrogen and oxygen atoms in total. The number of aryl methyl sites for hydroxylation is 1. The number of piperazine rings is 1. The van der Waals surface area contributed by atoms with Crippen molar-refractivity contribution in [1.29, 1.82) is 0 Å². The van der Waals surface area contributed by atoms with E-state index in [1.54, 1.807) is 12.0 Å². The highest BCUT2D eigenvalue weighted by Gasteiger charge is 2.27. The standard InChI is InChI=1S/C24H29N3O2/c1-18-24(21-15-20(29-3)9-10-22(21)25(18)2)23(28)17-27-13-11-26(12-14-27)16-19-7-5-4-6-8-19/h4-10,15H,11-14,16-17H2,1-3H3/p+2. The van der Waals surface area contributed by atoms with Gasteiger partial charge in [-0.2, -0.15) is 0 Å². The number of nitrogens with zero attached hydrogens (tertiary/aromatic N) is 1. The summed E-state index contributed by atoms with van der Waals surface area (Å²) in [7, 11) is 3.69. The van der Waals surface area contributed by atoms with Crippen molar-refractivity contribution in [2.75, 3.05) is 39.8 Å². The number of methoxy groups -OCH3 is 1. The van der Waals surface area contributed by atoms with Crippen LogP contribution in [0, 0.1) is 6.92 Å². The molecule has 0 unspecified atom stereocenters. The third-order valence-electron chi connectivity index (χ3n) is 6.35. The van der Waals surface area contributed by atoms with E-state index in [4.69, 9.17) is 4.74 Å². The highest BCUT2D eigenvalue weighted by molar-refractivity contribution is 6.10. The Morgan fingerprint density at radius 1 is 1.03 bits per heavy atom. The number of ether oxygens (including phenoxy) is 1. The van der Waals surface area contributed by atoms with Crippen LogP contribution in [0.15, 0.2) is 48.5 Å². The SMILES string of the molecule is COc1ccc2c(c1)c(C(=O)C[NH+]1CC[NH+](Cc3ccccc3)CC1)c(C)n2C. The minimum Gasteiger partial charge on any atom is -0.497 e. The van der Waals surface area contributed by atoms with Gasteiger partial charge in [-0.15, -0.1) is 0 Å². The zero-order valence-electron chi connectivity index (χ0n) is 17.6. The molecule has 2 heterocycles. The lowest BCUT2D eigenvalue weighted by atomic mass is 10.1. The molecule has 1 aliphatic heterocycles. The zero-order valence-corrected chi connectivity index (χ0v) is 17.6. The average molecular weight is 394 g/mol. The number of hydrogen-bond donors (Lipinski definition) is 2. The van der Waals surface area contributed by atoms with Gasteiger partial charge in [0, 0.05) is 29.2 Å². The molecule has 2 N–H and O–H groups in total. The molecule has 0 aliphatic carbocycles. The summed E-state index contributed by atoms with van der Waals surface area (Å²) in [5.41, 5.74) is 4.36. The first-order valence-electron chi connectivity index (χ1n) is 10.4. The molecule has 0 spiro atoms. The maximum atomic E-state index is 13.3. The number of quaternary nitrogens is 2. The van der Waals surface area contributed by atoms with Crippen molar-refractivity contribution in [2.45, 2.75) is 13.5 Å². The third-order valence-corrected chi connectivity index (χ3v) is 6.35. The Bertz CT molecular complexity index is 1000. The van der Waals surface area contributed by atoms with E-state index in [0.29, 0.717) is 6.54 Å². The van der Waals surface area contributed by atoms with Crippen molar-refractivity contribution < 1.29 is 19.3 Å². The minimum atomic E-state index is 0.239. The summed E-state index contributed by atoms with van der Waals surface area (Å²) in [6.07, 6.45) is 0. The molecule has 0 bridgehead atoms. The van der Waals surface area contributed by atoms with E-state index in [0.717, 1.165) is 60.6 Å². The van der Waals surface area contributed by atoms with Crippen LogP contribution >= 0.6 is 0 Å². The predicted molar refractivity (Wildman–Crippen MR) is 115 cm³/mol. The number of nitrogens with one attached hydrogen (secondary N) is 2. The Morgan fingerprint density at radius 2 is 1.72 bits per heavy atom. The van der Waals surface area contributed by atoms with Gasteiger partial charge in [0.15, 0.2) is 0 Å². The molecule has 152 valence electrons. The summed E-state index contributed by atoms with van der Waals surface area (Å²) < 4.78 is 7.50. The fraction of sp³-hybridized carbons (Fsp3) is 0.375. The van der Waals surface area contributed by atoms with Gasteiger partial charge in [-0.3, -0.25) is 4.79 Å². The van der Waals surface area contributed by atoms with Crippen molar-refractivity contribution in [3.63, 3.8) is 0 Å². The summed E-state index contributed by atoms with van der Waals surface area (Å²) in [6, 6.07) is 16.7. The molecule has 0 saturated carbocycles. The van der Waals surface area contributed by atoms with Gasteiger partial charge in [0.05, 0.1) is 12.7 Å². The van der Waals surface area contributed by atoms with Crippen LogP contribution in [0.1, 0.15) is 21.6 Å². The molecule has 0 amide bonds. The van der Waals surface area contributed by atoms with Crippen LogP contribution in [-0.4, -0.2) is 50.2 Å².